The van der Waals surface area contributed by atoms with Gasteiger partial charge in [0.1, 0.15) is 17.0 Å². The number of nitrogens with zero attached hydrogens (tertiary/aromatic N) is 3. The number of rotatable bonds is 4. The lowest BCUT2D eigenvalue weighted by molar-refractivity contribution is 0.397. The molecule has 1 N–H and O–H groups in total. The average Bonchev–Trinajstić information content (AvgIpc) is 2.82. The molecule has 124 valence electrons. The van der Waals surface area contributed by atoms with Gasteiger partial charge in [-0.15, -0.1) is 11.3 Å². The van der Waals surface area contributed by atoms with Crippen molar-refractivity contribution in [2.75, 3.05) is 12.4 Å². The molecule has 0 spiro atoms. The molecule has 0 radical (unpaired) electrons. The van der Waals surface area contributed by atoms with Crippen LogP contribution in [0.25, 0.3) is 10.2 Å². The second-order valence-electron chi connectivity index (χ2n) is 6.03. The van der Waals surface area contributed by atoms with Crippen LogP contribution < -0.4 is 10.1 Å². The molecule has 0 amide bonds. The summed E-state index contributed by atoms with van der Waals surface area (Å²) in [5.41, 5.74) is 2.58. The van der Waals surface area contributed by atoms with Gasteiger partial charge in [0.25, 0.3) is 0 Å². The third kappa shape index (κ3) is 2.94. The van der Waals surface area contributed by atoms with Crippen molar-refractivity contribution in [1.29, 1.82) is 0 Å². The van der Waals surface area contributed by atoms with E-state index in [0.717, 1.165) is 22.6 Å². The summed E-state index contributed by atoms with van der Waals surface area (Å²) in [6, 6.07) is 3.93. The van der Waals surface area contributed by atoms with Crippen molar-refractivity contribution >= 4 is 27.4 Å². The number of fused-ring (bicyclic) bond motifs is 3. The van der Waals surface area contributed by atoms with E-state index in [0.29, 0.717) is 12.4 Å². The fraction of sp³-hybridized carbons (Fsp3) is 0.389. The predicted octanol–water partition coefficient (Wildman–Crippen LogP) is 3.98. The molecule has 0 atom stereocenters. The van der Waals surface area contributed by atoms with Crippen LogP contribution >= 0.6 is 11.3 Å². The van der Waals surface area contributed by atoms with E-state index >= 15 is 0 Å². The average molecular weight is 340 g/mol. The van der Waals surface area contributed by atoms with E-state index in [1.807, 2.05) is 23.5 Å². The van der Waals surface area contributed by atoms with E-state index in [1.54, 1.807) is 19.6 Å². The monoisotopic (exact) mass is 340 g/mol. The van der Waals surface area contributed by atoms with Gasteiger partial charge in [-0.1, -0.05) is 6.42 Å². The van der Waals surface area contributed by atoms with E-state index in [4.69, 9.17) is 4.74 Å². The van der Waals surface area contributed by atoms with Gasteiger partial charge in [-0.3, -0.25) is 0 Å². The first-order chi connectivity index (χ1) is 11.8. The molecule has 0 fully saturated rings. The fourth-order valence-corrected chi connectivity index (χ4v) is 4.49. The Balaban J connectivity index is 1.65. The summed E-state index contributed by atoms with van der Waals surface area (Å²) >= 11 is 1.83. The lowest BCUT2D eigenvalue weighted by atomic mass is 10.1. The van der Waals surface area contributed by atoms with E-state index in [9.17, 15) is 0 Å². The zero-order valence-electron chi connectivity index (χ0n) is 13.7. The summed E-state index contributed by atoms with van der Waals surface area (Å²) in [7, 11) is 1.63. The maximum Gasteiger partial charge on any atom is 0.213 e. The first kappa shape index (κ1) is 15.3. The molecule has 1 aliphatic carbocycles. The van der Waals surface area contributed by atoms with Gasteiger partial charge in [-0.25, -0.2) is 15.0 Å². The zero-order chi connectivity index (χ0) is 16.4. The molecule has 0 bridgehead atoms. The highest BCUT2D eigenvalue weighted by atomic mass is 32.1. The number of methoxy groups -OCH3 is 1. The molecule has 3 aromatic rings. The van der Waals surface area contributed by atoms with Gasteiger partial charge in [-0.05, 0) is 42.9 Å². The first-order valence-electron chi connectivity index (χ1n) is 8.33. The van der Waals surface area contributed by atoms with Crippen molar-refractivity contribution in [2.24, 2.45) is 0 Å². The first-order valence-corrected chi connectivity index (χ1v) is 9.15. The van der Waals surface area contributed by atoms with Crippen LogP contribution in [0.5, 0.6) is 5.88 Å². The van der Waals surface area contributed by atoms with Crippen molar-refractivity contribution in [1.82, 2.24) is 15.0 Å². The topological polar surface area (TPSA) is 59.9 Å². The van der Waals surface area contributed by atoms with Crippen LogP contribution in [0, 0.1) is 0 Å². The Bertz CT molecular complexity index is 861. The number of nitrogens with one attached hydrogen (secondary N) is 1. The molecular weight excluding hydrogens is 320 g/mol. The fourth-order valence-electron chi connectivity index (χ4n) is 3.26. The third-order valence-electron chi connectivity index (χ3n) is 4.47. The van der Waals surface area contributed by atoms with Crippen LogP contribution in [0.15, 0.2) is 24.7 Å². The Morgan fingerprint density at radius 3 is 3.00 bits per heavy atom. The highest BCUT2D eigenvalue weighted by Gasteiger charge is 2.18. The number of aromatic nitrogens is 3. The number of pyridine rings is 1. The van der Waals surface area contributed by atoms with Crippen molar-refractivity contribution in [3.8, 4) is 5.88 Å². The SMILES string of the molecule is COc1cc(CNc2ncnc3sc4c(c23)CCCCC4)ccn1. The standard InChI is InChI=1S/C18H20N4OS/c1-23-15-9-12(7-8-19-15)10-20-17-16-13-5-3-2-4-6-14(13)24-18(16)22-11-21-17/h7-9,11H,2-6,10H2,1H3,(H,20,21,22). The van der Waals surface area contributed by atoms with Gasteiger partial charge < -0.3 is 10.1 Å². The van der Waals surface area contributed by atoms with Crippen LogP contribution in [0.2, 0.25) is 0 Å². The summed E-state index contributed by atoms with van der Waals surface area (Å²) in [5, 5.41) is 4.71. The van der Waals surface area contributed by atoms with Crippen molar-refractivity contribution in [3.63, 3.8) is 0 Å². The number of ether oxygens (including phenoxy) is 1. The molecule has 3 heterocycles. The summed E-state index contributed by atoms with van der Waals surface area (Å²) < 4.78 is 5.19. The Kier molecular flexibility index (Phi) is 4.30. The summed E-state index contributed by atoms with van der Waals surface area (Å²) in [6.07, 6.45) is 9.60. The Morgan fingerprint density at radius 2 is 2.08 bits per heavy atom. The van der Waals surface area contributed by atoms with Gasteiger partial charge in [0.15, 0.2) is 0 Å². The normalized spacial score (nSPS) is 14.2. The molecule has 0 saturated carbocycles. The predicted molar refractivity (Wildman–Crippen MR) is 96.8 cm³/mol. The Labute approximate surface area is 145 Å². The molecule has 4 rings (SSSR count). The van der Waals surface area contributed by atoms with Crippen LogP contribution in [0.3, 0.4) is 0 Å². The number of anilines is 1. The molecule has 0 aliphatic heterocycles. The molecule has 24 heavy (non-hydrogen) atoms. The van der Waals surface area contributed by atoms with Crippen molar-refractivity contribution in [2.45, 2.75) is 38.6 Å². The van der Waals surface area contributed by atoms with Crippen LogP contribution in [-0.2, 0) is 19.4 Å². The van der Waals surface area contributed by atoms with Gasteiger partial charge in [0, 0.05) is 23.7 Å². The zero-order valence-corrected chi connectivity index (χ0v) is 14.5. The number of thiophene rings is 1. The second-order valence-corrected chi connectivity index (χ2v) is 7.11. The lowest BCUT2D eigenvalue weighted by Crippen LogP contribution is -2.03. The van der Waals surface area contributed by atoms with Crippen LogP contribution in [-0.4, -0.2) is 22.1 Å². The second kappa shape index (κ2) is 6.73. The van der Waals surface area contributed by atoms with Gasteiger partial charge in [0.2, 0.25) is 5.88 Å². The van der Waals surface area contributed by atoms with E-state index in [-0.39, 0.29) is 0 Å². The largest absolute Gasteiger partial charge is 0.481 e. The van der Waals surface area contributed by atoms with Gasteiger partial charge >= 0.3 is 0 Å². The lowest BCUT2D eigenvalue weighted by Gasteiger charge is -2.09. The number of aryl methyl sites for hydroxylation is 2. The van der Waals surface area contributed by atoms with Crippen LogP contribution in [0.4, 0.5) is 5.82 Å². The van der Waals surface area contributed by atoms with E-state index in [1.165, 1.54) is 41.5 Å². The summed E-state index contributed by atoms with van der Waals surface area (Å²) in [5.74, 6) is 1.57. The maximum absolute atomic E-state index is 5.19. The maximum atomic E-state index is 5.19. The third-order valence-corrected chi connectivity index (χ3v) is 5.67. The Hall–Kier alpha value is -2.21. The smallest absolute Gasteiger partial charge is 0.213 e. The number of hydrogen-bond donors (Lipinski definition) is 1. The molecule has 1 aliphatic rings. The molecular formula is C18H20N4OS. The minimum absolute atomic E-state index is 0.631. The molecule has 0 saturated heterocycles. The minimum Gasteiger partial charge on any atom is -0.481 e. The van der Waals surface area contributed by atoms with E-state index < -0.39 is 0 Å². The molecule has 3 aromatic heterocycles. The highest BCUT2D eigenvalue weighted by Crippen LogP contribution is 2.37. The van der Waals surface area contributed by atoms with Crippen molar-refractivity contribution in [3.05, 3.63) is 40.7 Å². The molecule has 6 heteroatoms. The highest BCUT2D eigenvalue weighted by molar-refractivity contribution is 7.18. The van der Waals surface area contributed by atoms with E-state index in [2.05, 4.69) is 20.3 Å². The summed E-state index contributed by atoms with van der Waals surface area (Å²) in [6.45, 7) is 0.690. The minimum atomic E-state index is 0.631. The quantitative estimate of drug-likeness (QED) is 0.728. The van der Waals surface area contributed by atoms with Crippen molar-refractivity contribution < 1.29 is 4.74 Å². The molecule has 5 nitrogen and oxygen atoms in total. The van der Waals surface area contributed by atoms with Gasteiger partial charge in [-0.2, -0.15) is 0 Å². The van der Waals surface area contributed by atoms with Gasteiger partial charge in [0.05, 0.1) is 12.5 Å². The van der Waals surface area contributed by atoms with Crippen LogP contribution in [0.1, 0.15) is 35.3 Å². The molecule has 0 unspecified atom stereocenters. The summed E-state index contributed by atoms with van der Waals surface area (Å²) in [4.78, 5) is 15.8. The number of hydrogen-bond acceptors (Lipinski definition) is 6. The Morgan fingerprint density at radius 1 is 1.17 bits per heavy atom. The molecule has 0 aromatic carbocycles.